The van der Waals surface area contributed by atoms with Crippen LogP contribution in [0.4, 0.5) is 0 Å². The van der Waals surface area contributed by atoms with Crippen molar-refractivity contribution in [1.29, 1.82) is 0 Å². The molecule has 6 heteroatoms. The molecule has 0 aliphatic carbocycles. The molecule has 2 atom stereocenters. The summed E-state index contributed by atoms with van der Waals surface area (Å²) in [6.07, 6.45) is 7.49. The predicted octanol–water partition coefficient (Wildman–Crippen LogP) is 4.74. The van der Waals surface area contributed by atoms with Gasteiger partial charge in [-0.3, -0.25) is 4.79 Å². The highest BCUT2D eigenvalue weighted by atomic mass is 16.5. The summed E-state index contributed by atoms with van der Waals surface area (Å²) in [5, 5.41) is 3.48. The quantitative estimate of drug-likeness (QED) is 0.563. The number of amides is 1. The van der Waals surface area contributed by atoms with E-state index in [0.717, 1.165) is 55.7 Å². The molecule has 3 heterocycles. The van der Waals surface area contributed by atoms with Gasteiger partial charge in [-0.1, -0.05) is 42.5 Å². The smallest absolute Gasteiger partial charge is 0.254 e. The normalized spacial score (nSPS) is 21.7. The minimum Gasteiger partial charge on any atom is -0.367 e. The third-order valence-corrected chi connectivity index (χ3v) is 7.66. The van der Waals surface area contributed by atoms with Gasteiger partial charge in [-0.15, -0.1) is 0 Å². The molecule has 3 aromatic rings. The van der Waals surface area contributed by atoms with Crippen LogP contribution in [-0.4, -0.2) is 51.6 Å². The zero-order chi connectivity index (χ0) is 24.3. The average molecular weight is 473 g/mol. The highest BCUT2D eigenvalue weighted by Crippen LogP contribution is 2.43. The van der Waals surface area contributed by atoms with Gasteiger partial charge in [-0.2, -0.15) is 0 Å². The van der Waals surface area contributed by atoms with Gasteiger partial charge >= 0.3 is 0 Å². The summed E-state index contributed by atoms with van der Waals surface area (Å²) in [4.78, 5) is 20.3. The van der Waals surface area contributed by atoms with Gasteiger partial charge in [0, 0.05) is 37.1 Å². The molecule has 184 valence electrons. The molecular formula is C29H36N4O2. The fraction of sp³-hybridized carbons (Fsp3) is 0.448. The van der Waals surface area contributed by atoms with Crippen LogP contribution in [0.15, 0.2) is 67.0 Å². The summed E-state index contributed by atoms with van der Waals surface area (Å²) in [7, 11) is 0. The molecule has 2 fully saturated rings. The average Bonchev–Trinajstić information content (AvgIpc) is 3.29. The van der Waals surface area contributed by atoms with Crippen LogP contribution in [0.3, 0.4) is 0 Å². The fourth-order valence-electron chi connectivity index (χ4n) is 5.78. The van der Waals surface area contributed by atoms with E-state index in [4.69, 9.17) is 4.74 Å². The lowest BCUT2D eigenvalue weighted by molar-refractivity contribution is -0.162. The minimum atomic E-state index is -0.177. The Balaban J connectivity index is 1.40. The lowest BCUT2D eigenvalue weighted by Gasteiger charge is -2.49. The number of aromatic nitrogens is 2. The van der Waals surface area contributed by atoms with Crippen molar-refractivity contribution in [3.05, 3.63) is 89.5 Å². The molecule has 35 heavy (non-hydrogen) atoms. The standard InChI is InChI=1S/C29H36N4O2/c1-3-33(28(34)25-11-7-8-23(18-25)21-32-17-16-31-22(32)2)26-19-27(24-9-5-4-6-10-24)35-29(20-26)12-14-30-15-13-29/h4-11,16-18,26-27,30H,3,12-15,19-21H2,1-2H3/t26-,27+/m1/s1. The summed E-state index contributed by atoms with van der Waals surface area (Å²) in [6.45, 7) is 7.41. The second-order valence-electron chi connectivity index (χ2n) is 9.94. The second kappa shape index (κ2) is 10.3. The molecule has 2 saturated heterocycles. The number of carbonyl (C=O) groups is 1. The van der Waals surface area contributed by atoms with Crippen LogP contribution >= 0.6 is 0 Å². The zero-order valence-electron chi connectivity index (χ0n) is 20.8. The van der Waals surface area contributed by atoms with Crippen LogP contribution in [0.5, 0.6) is 0 Å². The molecule has 6 nitrogen and oxygen atoms in total. The number of imidazole rings is 1. The number of hydrogen-bond acceptors (Lipinski definition) is 4. The van der Waals surface area contributed by atoms with E-state index in [0.29, 0.717) is 13.1 Å². The number of rotatable bonds is 6. The van der Waals surface area contributed by atoms with Gasteiger partial charge in [0.25, 0.3) is 5.91 Å². The number of hydrogen-bond donors (Lipinski definition) is 1. The molecule has 5 rings (SSSR count). The number of piperidine rings is 1. The van der Waals surface area contributed by atoms with Gasteiger partial charge in [0.15, 0.2) is 0 Å². The molecule has 1 spiro atoms. The van der Waals surface area contributed by atoms with Gasteiger partial charge < -0.3 is 19.5 Å². The Bertz CT molecular complexity index is 1140. The molecule has 2 aromatic carbocycles. The Labute approximate surface area is 208 Å². The SMILES string of the molecule is CCN(C(=O)c1cccc(Cn2ccnc2C)c1)[C@@H]1C[C@@H](c2ccccc2)OC2(CCNCC2)C1. The Morgan fingerprint density at radius 2 is 1.97 bits per heavy atom. The summed E-state index contributed by atoms with van der Waals surface area (Å²) in [6, 6.07) is 18.7. The maximum absolute atomic E-state index is 13.9. The van der Waals surface area contributed by atoms with Gasteiger partial charge in [-0.05, 0) is 75.9 Å². The van der Waals surface area contributed by atoms with Gasteiger partial charge in [-0.25, -0.2) is 4.98 Å². The molecule has 0 radical (unpaired) electrons. The number of nitrogens with zero attached hydrogens (tertiary/aromatic N) is 3. The highest BCUT2D eigenvalue weighted by Gasteiger charge is 2.45. The van der Waals surface area contributed by atoms with E-state index in [9.17, 15) is 4.79 Å². The van der Waals surface area contributed by atoms with Gasteiger partial charge in [0.1, 0.15) is 5.82 Å². The summed E-state index contributed by atoms with van der Waals surface area (Å²) >= 11 is 0. The Hall–Kier alpha value is -2.96. The summed E-state index contributed by atoms with van der Waals surface area (Å²) in [5.74, 6) is 1.08. The monoisotopic (exact) mass is 472 g/mol. The van der Waals surface area contributed by atoms with Crippen LogP contribution in [-0.2, 0) is 11.3 Å². The van der Waals surface area contributed by atoms with Crippen molar-refractivity contribution >= 4 is 5.91 Å². The maximum Gasteiger partial charge on any atom is 0.254 e. The Kier molecular flexibility index (Phi) is 7.02. The van der Waals surface area contributed by atoms with Gasteiger partial charge in [0.2, 0.25) is 0 Å². The van der Waals surface area contributed by atoms with Crippen molar-refractivity contribution in [2.45, 2.75) is 63.8 Å². The number of carbonyl (C=O) groups excluding carboxylic acids is 1. The van der Waals surface area contributed by atoms with Crippen LogP contribution in [0, 0.1) is 6.92 Å². The van der Waals surface area contributed by atoms with Gasteiger partial charge in [0.05, 0.1) is 11.7 Å². The number of nitrogens with one attached hydrogen (secondary N) is 1. The van der Waals surface area contributed by atoms with E-state index < -0.39 is 0 Å². The molecule has 2 aliphatic rings. The second-order valence-corrected chi connectivity index (χ2v) is 9.94. The van der Waals surface area contributed by atoms with Crippen LogP contribution in [0.25, 0.3) is 0 Å². The summed E-state index contributed by atoms with van der Waals surface area (Å²) < 4.78 is 8.92. The van der Waals surface area contributed by atoms with E-state index in [1.807, 2.05) is 43.6 Å². The first kappa shape index (κ1) is 23.8. The van der Waals surface area contributed by atoms with E-state index >= 15 is 0 Å². The lowest BCUT2D eigenvalue weighted by Crippen LogP contribution is -2.54. The van der Waals surface area contributed by atoms with E-state index in [-0.39, 0.29) is 23.7 Å². The van der Waals surface area contributed by atoms with E-state index in [2.05, 4.69) is 57.0 Å². The fourth-order valence-corrected chi connectivity index (χ4v) is 5.78. The molecule has 1 N–H and O–H groups in total. The molecule has 0 bridgehead atoms. The number of benzene rings is 2. The maximum atomic E-state index is 13.9. The van der Waals surface area contributed by atoms with Crippen molar-refractivity contribution in [2.75, 3.05) is 19.6 Å². The topological polar surface area (TPSA) is 59.4 Å². The predicted molar refractivity (Wildman–Crippen MR) is 137 cm³/mol. The van der Waals surface area contributed by atoms with E-state index in [1.165, 1.54) is 5.56 Å². The third kappa shape index (κ3) is 5.19. The van der Waals surface area contributed by atoms with Crippen LogP contribution < -0.4 is 5.32 Å². The van der Waals surface area contributed by atoms with Crippen LogP contribution in [0.1, 0.15) is 66.0 Å². The lowest BCUT2D eigenvalue weighted by atomic mass is 9.79. The van der Waals surface area contributed by atoms with E-state index in [1.54, 1.807) is 0 Å². The summed E-state index contributed by atoms with van der Waals surface area (Å²) in [5.41, 5.74) is 2.89. The first-order valence-corrected chi connectivity index (χ1v) is 12.9. The van der Waals surface area contributed by atoms with Crippen molar-refractivity contribution in [1.82, 2.24) is 19.8 Å². The molecular weight excluding hydrogens is 436 g/mol. The molecule has 0 unspecified atom stereocenters. The first-order chi connectivity index (χ1) is 17.1. The molecule has 2 aliphatic heterocycles. The highest BCUT2D eigenvalue weighted by molar-refractivity contribution is 5.94. The number of aryl methyl sites for hydroxylation is 1. The Morgan fingerprint density at radius 1 is 1.17 bits per heavy atom. The van der Waals surface area contributed by atoms with Crippen molar-refractivity contribution in [3.63, 3.8) is 0 Å². The van der Waals surface area contributed by atoms with Crippen molar-refractivity contribution < 1.29 is 9.53 Å². The van der Waals surface area contributed by atoms with Crippen molar-refractivity contribution in [3.8, 4) is 0 Å². The van der Waals surface area contributed by atoms with Crippen molar-refractivity contribution in [2.24, 2.45) is 0 Å². The van der Waals surface area contributed by atoms with Crippen LogP contribution in [0.2, 0.25) is 0 Å². The Morgan fingerprint density at radius 3 is 2.69 bits per heavy atom. The third-order valence-electron chi connectivity index (χ3n) is 7.66. The first-order valence-electron chi connectivity index (χ1n) is 12.9. The molecule has 1 amide bonds. The molecule has 0 saturated carbocycles. The zero-order valence-corrected chi connectivity index (χ0v) is 20.8. The molecule has 1 aromatic heterocycles. The number of ether oxygens (including phenoxy) is 1. The largest absolute Gasteiger partial charge is 0.367 e. The minimum absolute atomic E-state index is 0.00505.